The molecule has 0 aromatic heterocycles. The molecule has 2 aliphatic carbocycles. The molecule has 1 saturated heterocycles. The van der Waals surface area contributed by atoms with E-state index in [2.05, 4.69) is 70.9 Å². The number of likely N-dealkylation sites (tertiary alicyclic amines) is 1. The van der Waals surface area contributed by atoms with Gasteiger partial charge in [-0.15, -0.1) is 0 Å². The van der Waals surface area contributed by atoms with Crippen LogP contribution in [0.5, 0.6) is 0 Å². The van der Waals surface area contributed by atoms with Crippen molar-refractivity contribution in [2.75, 3.05) is 13.1 Å². The summed E-state index contributed by atoms with van der Waals surface area (Å²) in [6.07, 6.45) is 11.2. The molecule has 32 heavy (non-hydrogen) atoms. The van der Waals surface area contributed by atoms with Gasteiger partial charge in [-0.1, -0.05) is 74.5 Å². The molecule has 3 heteroatoms. The lowest BCUT2D eigenvalue weighted by atomic mass is 9.85. The van der Waals surface area contributed by atoms with Gasteiger partial charge in [0.2, 0.25) is 5.91 Å². The Balaban J connectivity index is 1.17. The number of carbonyl (C=O) groups excluding carboxylic acids is 1. The summed E-state index contributed by atoms with van der Waals surface area (Å²) in [5.74, 6) is 0.790. The van der Waals surface area contributed by atoms with Crippen molar-refractivity contribution in [3.05, 3.63) is 83.0 Å². The Morgan fingerprint density at radius 1 is 1.06 bits per heavy atom. The molecule has 1 unspecified atom stereocenters. The third-order valence-corrected chi connectivity index (χ3v) is 7.27. The predicted octanol–water partition coefficient (Wildman–Crippen LogP) is 5.50. The minimum atomic E-state index is 0.0365. The molecular formula is C29H34N2O. The molecule has 1 heterocycles. The molecule has 1 N–H and O–H groups in total. The molecular weight excluding hydrogens is 392 g/mol. The predicted molar refractivity (Wildman–Crippen MR) is 131 cm³/mol. The van der Waals surface area contributed by atoms with Crippen LogP contribution >= 0.6 is 0 Å². The number of carbonyl (C=O) groups is 1. The molecule has 3 aliphatic rings. The Hall–Kier alpha value is -2.65. The lowest BCUT2D eigenvalue weighted by molar-refractivity contribution is -0.124. The van der Waals surface area contributed by atoms with Crippen LogP contribution in [-0.2, 0) is 17.8 Å². The molecule has 166 valence electrons. The van der Waals surface area contributed by atoms with Gasteiger partial charge in [0.1, 0.15) is 0 Å². The van der Waals surface area contributed by atoms with Gasteiger partial charge in [-0.2, -0.15) is 0 Å². The second-order valence-corrected chi connectivity index (χ2v) is 9.95. The molecule has 0 saturated carbocycles. The van der Waals surface area contributed by atoms with Crippen LogP contribution in [0.25, 0.3) is 11.1 Å². The van der Waals surface area contributed by atoms with Gasteiger partial charge in [0, 0.05) is 12.5 Å². The summed E-state index contributed by atoms with van der Waals surface area (Å²) in [6.45, 7) is 7.22. The topological polar surface area (TPSA) is 32.3 Å². The molecule has 0 radical (unpaired) electrons. The van der Waals surface area contributed by atoms with Crippen molar-refractivity contribution in [1.82, 2.24) is 10.2 Å². The van der Waals surface area contributed by atoms with E-state index in [1.807, 2.05) is 13.8 Å². The minimum Gasteiger partial charge on any atom is -0.349 e. The molecule has 2 aromatic rings. The second-order valence-electron chi connectivity index (χ2n) is 9.95. The summed E-state index contributed by atoms with van der Waals surface area (Å²) < 4.78 is 0. The fraction of sp³-hybridized carbons (Fsp3) is 0.414. The highest BCUT2D eigenvalue weighted by molar-refractivity contribution is 5.78. The molecule has 1 aliphatic heterocycles. The summed E-state index contributed by atoms with van der Waals surface area (Å²) in [5.41, 5.74) is 8.61. The standard InChI is InChI=1S/C29H34N2O/c1-20(2)29(32)30-26-8-5-7-23(18-26)22-12-14-31(15-13-22)19-21-10-11-28-25(16-21)17-24-6-3-4-9-27(24)28/h3-7,9-11,16,18,20,22,26H,8,12-15,17,19H2,1-2H3,(H,30,32). The molecule has 5 rings (SSSR count). The first-order chi connectivity index (χ1) is 15.6. The van der Waals surface area contributed by atoms with Crippen molar-refractivity contribution in [3.63, 3.8) is 0 Å². The molecule has 2 aromatic carbocycles. The Morgan fingerprint density at radius 3 is 2.66 bits per heavy atom. The first-order valence-corrected chi connectivity index (χ1v) is 12.2. The number of amides is 1. The van der Waals surface area contributed by atoms with E-state index in [0.29, 0.717) is 5.92 Å². The van der Waals surface area contributed by atoms with E-state index < -0.39 is 0 Å². The molecule has 1 atom stereocenters. The highest BCUT2D eigenvalue weighted by Crippen LogP contribution is 2.37. The van der Waals surface area contributed by atoms with Crippen molar-refractivity contribution in [2.24, 2.45) is 11.8 Å². The highest BCUT2D eigenvalue weighted by atomic mass is 16.1. The SMILES string of the molecule is CC(C)C(=O)NC1C=C(C2CCN(Cc3ccc4c(c3)Cc3ccccc3-4)CC2)C=CC1. The molecule has 1 fully saturated rings. The summed E-state index contributed by atoms with van der Waals surface area (Å²) in [5, 5.41) is 3.18. The number of hydrogen-bond donors (Lipinski definition) is 1. The third kappa shape index (κ3) is 4.45. The first kappa shape index (κ1) is 21.2. The number of benzene rings is 2. The summed E-state index contributed by atoms with van der Waals surface area (Å²) in [7, 11) is 0. The van der Waals surface area contributed by atoms with Gasteiger partial charge in [0.05, 0.1) is 6.04 Å². The van der Waals surface area contributed by atoms with Crippen LogP contribution in [0.4, 0.5) is 0 Å². The monoisotopic (exact) mass is 426 g/mol. The average molecular weight is 427 g/mol. The molecule has 1 amide bonds. The summed E-state index contributed by atoms with van der Waals surface area (Å²) in [6, 6.07) is 16.0. The van der Waals surface area contributed by atoms with Crippen LogP contribution < -0.4 is 5.32 Å². The van der Waals surface area contributed by atoms with Gasteiger partial charge in [-0.05, 0) is 78.1 Å². The van der Waals surface area contributed by atoms with E-state index in [0.717, 1.165) is 32.5 Å². The van der Waals surface area contributed by atoms with E-state index in [9.17, 15) is 4.79 Å². The van der Waals surface area contributed by atoms with Crippen LogP contribution in [0.2, 0.25) is 0 Å². The number of allylic oxidation sites excluding steroid dienone is 2. The number of piperidine rings is 1. The van der Waals surface area contributed by atoms with Gasteiger partial charge in [-0.3, -0.25) is 9.69 Å². The maximum Gasteiger partial charge on any atom is 0.223 e. The van der Waals surface area contributed by atoms with Gasteiger partial charge in [-0.25, -0.2) is 0 Å². The lowest BCUT2D eigenvalue weighted by Gasteiger charge is -2.34. The fourth-order valence-corrected chi connectivity index (χ4v) is 5.41. The second kappa shape index (κ2) is 9.07. The van der Waals surface area contributed by atoms with E-state index >= 15 is 0 Å². The van der Waals surface area contributed by atoms with E-state index in [4.69, 9.17) is 0 Å². The van der Waals surface area contributed by atoms with Crippen molar-refractivity contribution in [2.45, 2.75) is 52.1 Å². The highest BCUT2D eigenvalue weighted by Gasteiger charge is 2.25. The van der Waals surface area contributed by atoms with Crippen molar-refractivity contribution in [1.29, 1.82) is 0 Å². The van der Waals surface area contributed by atoms with Gasteiger partial charge in [0.15, 0.2) is 0 Å². The maximum absolute atomic E-state index is 12.1. The van der Waals surface area contributed by atoms with Crippen LogP contribution in [-0.4, -0.2) is 29.9 Å². The normalized spacial score (nSPS) is 20.7. The first-order valence-electron chi connectivity index (χ1n) is 12.2. The zero-order valence-corrected chi connectivity index (χ0v) is 19.3. The molecule has 0 spiro atoms. The quantitative estimate of drug-likeness (QED) is 0.584. The van der Waals surface area contributed by atoms with Crippen LogP contribution in [0.15, 0.2) is 66.3 Å². The third-order valence-electron chi connectivity index (χ3n) is 7.27. The smallest absolute Gasteiger partial charge is 0.223 e. The fourth-order valence-electron chi connectivity index (χ4n) is 5.41. The van der Waals surface area contributed by atoms with Crippen molar-refractivity contribution >= 4 is 5.91 Å². The number of hydrogen-bond acceptors (Lipinski definition) is 2. The number of nitrogens with zero attached hydrogens (tertiary/aromatic N) is 1. The number of fused-ring (bicyclic) bond motifs is 3. The van der Waals surface area contributed by atoms with Crippen molar-refractivity contribution in [3.8, 4) is 11.1 Å². The van der Waals surface area contributed by atoms with Gasteiger partial charge >= 0.3 is 0 Å². The van der Waals surface area contributed by atoms with Gasteiger partial charge < -0.3 is 5.32 Å². The Kier molecular flexibility index (Phi) is 6.01. The molecule has 0 bridgehead atoms. The van der Waals surface area contributed by atoms with Gasteiger partial charge in [0.25, 0.3) is 0 Å². The zero-order valence-electron chi connectivity index (χ0n) is 19.3. The lowest BCUT2D eigenvalue weighted by Crippen LogP contribution is -2.38. The number of nitrogens with one attached hydrogen (secondary N) is 1. The minimum absolute atomic E-state index is 0.0365. The average Bonchev–Trinajstić information content (AvgIpc) is 3.17. The summed E-state index contributed by atoms with van der Waals surface area (Å²) in [4.78, 5) is 14.7. The van der Waals surface area contributed by atoms with Crippen LogP contribution in [0, 0.1) is 11.8 Å². The Bertz CT molecular complexity index is 1060. The van der Waals surface area contributed by atoms with E-state index in [1.54, 1.807) is 0 Å². The Morgan fingerprint density at radius 2 is 1.84 bits per heavy atom. The maximum atomic E-state index is 12.1. The number of rotatable bonds is 5. The largest absolute Gasteiger partial charge is 0.349 e. The zero-order chi connectivity index (χ0) is 22.1. The van der Waals surface area contributed by atoms with Crippen LogP contribution in [0.1, 0.15) is 49.8 Å². The summed E-state index contributed by atoms with van der Waals surface area (Å²) >= 11 is 0. The Labute approximate surface area is 192 Å². The molecule has 3 nitrogen and oxygen atoms in total. The van der Waals surface area contributed by atoms with Crippen molar-refractivity contribution < 1.29 is 4.79 Å². The van der Waals surface area contributed by atoms with E-state index in [-0.39, 0.29) is 17.9 Å². The van der Waals surface area contributed by atoms with E-state index in [1.165, 1.54) is 46.2 Å². The van der Waals surface area contributed by atoms with Crippen LogP contribution in [0.3, 0.4) is 0 Å².